The van der Waals surface area contributed by atoms with Crippen molar-refractivity contribution in [3.8, 4) is 0 Å². The van der Waals surface area contributed by atoms with Crippen LogP contribution in [0.1, 0.15) is 30.3 Å². The van der Waals surface area contributed by atoms with Gasteiger partial charge in [0.15, 0.2) is 5.13 Å². The SMILES string of the molecule is CCOC(=O)CCc1csc(NCc2ccc(C)nc2)n1. The van der Waals surface area contributed by atoms with Crippen molar-refractivity contribution in [2.75, 3.05) is 11.9 Å². The number of rotatable bonds is 7. The fraction of sp³-hybridized carbons (Fsp3) is 0.400. The topological polar surface area (TPSA) is 64.1 Å². The largest absolute Gasteiger partial charge is 0.466 e. The van der Waals surface area contributed by atoms with E-state index in [9.17, 15) is 4.79 Å². The first-order chi connectivity index (χ1) is 10.2. The molecule has 2 rings (SSSR count). The fourth-order valence-electron chi connectivity index (χ4n) is 1.75. The van der Waals surface area contributed by atoms with Gasteiger partial charge in [-0.15, -0.1) is 11.3 Å². The normalized spacial score (nSPS) is 10.4. The van der Waals surface area contributed by atoms with E-state index in [4.69, 9.17) is 4.74 Å². The summed E-state index contributed by atoms with van der Waals surface area (Å²) < 4.78 is 4.90. The van der Waals surface area contributed by atoms with E-state index < -0.39 is 0 Å². The van der Waals surface area contributed by atoms with Crippen molar-refractivity contribution < 1.29 is 9.53 Å². The molecular formula is C15H19N3O2S. The number of nitrogens with zero attached hydrogens (tertiary/aromatic N) is 2. The van der Waals surface area contributed by atoms with Crippen molar-refractivity contribution in [2.45, 2.75) is 33.2 Å². The van der Waals surface area contributed by atoms with Gasteiger partial charge in [0.05, 0.1) is 18.7 Å². The number of hydrogen-bond donors (Lipinski definition) is 1. The van der Waals surface area contributed by atoms with Gasteiger partial charge in [0, 0.05) is 30.2 Å². The van der Waals surface area contributed by atoms with Crippen LogP contribution >= 0.6 is 11.3 Å². The molecular weight excluding hydrogens is 286 g/mol. The molecule has 0 bridgehead atoms. The molecule has 1 N–H and O–H groups in total. The summed E-state index contributed by atoms with van der Waals surface area (Å²) in [5.41, 5.74) is 3.04. The fourth-order valence-corrected chi connectivity index (χ4v) is 2.49. The van der Waals surface area contributed by atoms with Crippen LogP contribution in [0.15, 0.2) is 23.7 Å². The van der Waals surface area contributed by atoms with Crippen LogP contribution in [0.2, 0.25) is 0 Å². The Bertz CT molecular complexity index is 581. The second-order valence-electron chi connectivity index (χ2n) is 4.61. The number of aryl methyl sites for hydroxylation is 2. The molecule has 21 heavy (non-hydrogen) atoms. The van der Waals surface area contributed by atoms with E-state index in [0.717, 1.165) is 22.1 Å². The lowest BCUT2D eigenvalue weighted by molar-refractivity contribution is -0.143. The van der Waals surface area contributed by atoms with Gasteiger partial charge in [-0.3, -0.25) is 9.78 Å². The third-order valence-electron chi connectivity index (χ3n) is 2.86. The Morgan fingerprint density at radius 2 is 2.29 bits per heavy atom. The van der Waals surface area contributed by atoms with Crippen LogP contribution in [0.25, 0.3) is 0 Å². The summed E-state index contributed by atoms with van der Waals surface area (Å²) >= 11 is 1.54. The van der Waals surface area contributed by atoms with Crippen LogP contribution < -0.4 is 5.32 Å². The van der Waals surface area contributed by atoms with E-state index in [2.05, 4.69) is 15.3 Å². The second-order valence-corrected chi connectivity index (χ2v) is 5.47. The maximum absolute atomic E-state index is 11.3. The molecule has 0 radical (unpaired) electrons. The van der Waals surface area contributed by atoms with Crippen LogP contribution in [-0.2, 0) is 22.5 Å². The molecule has 2 aromatic rings. The smallest absolute Gasteiger partial charge is 0.306 e. The third-order valence-corrected chi connectivity index (χ3v) is 3.71. The molecule has 0 aliphatic carbocycles. The maximum atomic E-state index is 11.3. The van der Waals surface area contributed by atoms with Gasteiger partial charge in [0.1, 0.15) is 0 Å². The minimum atomic E-state index is -0.175. The number of thiazole rings is 1. The van der Waals surface area contributed by atoms with Crippen LogP contribution in [0.4, 0.5) is 5.13 Å². The van der Waals surface area contributed by atoms with E-state index in [-0.39, 0.29) is 5.97 Å². The van der Waals surface area contributed by atoms with E-state index >= 15 is 0 Å². The van der Waals surface area contributed by atoms with Crippen molar-refractivity contribution in [2.24, 2.45) is 0 Å². The molecule has 0 aromatic carbocycles. The summed E-state index contributed by atoms with van der Waals surface area (Å²) in [7, 11) is 0. The Balaban J connectivity index is 1.80. The molecule has 2 aromatic heterocycles. The Hall–Kier alpha value is -1.95. The van der Waals surface area contributed by atoms with E-state index in [1.165, 1.54) is 0 Å². The Kier molecular flexibility index (Phi) is 5.68. The maximum Gasteiger partial charge on any atom is 0.306 e. The molecule has 0 saturated heterocycles. The number of ether oxygens (including phenoxy) is 1. The highest BCUT2D eigenvalue weighted by atomic mass is 32.1. The summed E-state index contributed by atoms with van der Waals surface area (Å²) in [5, 5.41) is 6.09. The average molecular weight is 305 g/mol. The Morgan fingerprint density at radius 3 is 3.00 bits per heavy atom. The molecule has 0 saturated carbocycles. The van der Waals surface area contributed by atoms with Crippen molar-refractivity contribution in [3.63, 3.8) is 0 Å². The van der Waals surface area contributed by atoms with Crippen molar-refractivity contribution in [1.29, 1.82) is 0 Å². The zero-order valence-corrected chi connectivity index (χ0v) is 13.1. The summed E-state index contributed by atoms with van der Waals surface area (Å²) in [6.45, 7) is 4.89. The first-order valence-corrected chi connectivity index (χ1v) is 7.80. The molecule has 5 nitrogen and oxygen atoms in total. The highest BCUT2D eigenvalue weighted by Gasteiger charge is 2.06. The number of esters is 1. The van der Waals surface area contributed by atoms with E-state index in [1.54, 1.807) is 11.3 Å². The Labute approximate surface area is 128 Å². The van der Waals surface area contributed by atoms with Gasteiger partial charge < -0.3 is 10.1 Å². The summed E-state index contributed by atoms with van der Waals surface area (Å²) in [4.78, 5) is 20.0. The minimum absolute atomic E-state index is 0.175. The van der Waals surface area contributed by atoms with Gasteiger partial charge in [-0.05, 0) is 25.5 Å². The minimum Gasteiger partial charge on any atom is -0.466 e. The average Bonchev–Trinajstić information content (AvgIpc) is 2.93. The predicted octanol–water partition coefficient (Wildman–Crippen LogP) is 2.95. The standard InChI is InChI=1S/C15H19N3O2S/c1-3-20-14(19)7-6-13-10-21-15(18-13)17-9-12-5-4-11(2)16-8-12/h4-5,8,10H,3,6-7,9H2,1-2H3,(H,17,18). The lowest BCUT2D eigenvalue weighted by atomic mass is 10.2. The lowest BCUT2D eigenvalue weighted by Gasteiger charge is -2.02. The lowest BCUT2D eigenvalue weighted by Crippen LogP contribution is -2.05. The van der Waals surface area contributed by atoms with Crippen molar-refractivity contribution >= 4 is 22.4 Å². The van der Waals surface area contributed by atoms with Gasteiger partial charge in [-0.25, -0.2) is 4.98 Å². The highest BCUT2D eigenvalue weighted by Crippen LogP contribution is 2.17. The molecule has 6 heteroatoms. The van der Waals surface area contributed by atoms with Crippen LogP contribution in [0.3, 0.4) is 0 Å². The van der Waals surface area contributed by atoms with Gasteiger partial charge in [0.2, 0.25) is 0 Å². The summed E-state index contributed by atoms with van der Waals surface area (Å²) in [5.74, 6) is -0.175. The third kappa shape index (κ3) is 5.15. The summed E-state index contributed by atoms with van der Waals surface area (Å²) in [6, 6.07) is 4.04. The predicted molar refractivity (Wildman–Crippen MR) is 83.4 cm³/mol. The second kappa shape index (κ2) is 7.73. The number of carbonyl (C=O) groups excluding carboxylic acids is 1. The van der Waals surface area contributed by atoms with Crippen molar-refractivity contribution in [3.05, 3.63) is 40.7 Å². The van der Waals surface area contributed by atoms with Gasteiger partial charge in [-0.2, -0.15) is 0 Å². The number of pyridine rings is 1. The molecule has 112 valence electrons. The first-order valence-electron chi connectivity index (χ1n) is 6.93. The molecule has 0 aliphatic heterocycles. The monoisotopic (exact) mass is 305 g/mol. The number of aromatic nitrogens is 2. The highest BCUT2D eigenvalue weighted by molar-refractivity contribution is 7.13. The number of hydrogen-bond acceptors (Lipinski definition) is 6. The zero-order valence-electron chi connectivity index (χ0n) is 12.3. The van der Waals surface area contributed by atoms with Crippen LogP contribution in [0, 0.1) is 6.92 Å². The van der Waals surface area contributed by atoms with E-state index in [1.807, 2.05) is 37.6 Å². The number of nitrogens with one attached hydrogen (secondary N) is 1. The zero-order chi connectivity index (χ0) is 15.1. The molecule has 0 unspecified atom stereocenters. The van der Waals surface area contributed by atoms with Crippen LogP contribution in [-0.4, -0.2) is 22.5 Å². The van der Waals surface area contributed by atoms with Gasteiger partial charge in [0.25, 0.3) is 0 Å². The molecule has 2 heterocycles. The summed E-state index contributed by atoms with van der Waals surface area (Å²) in [6.07, 6.45) is 2.85. The Morgan fingerprint density at radius 1 is 1.43 bits per heavy atom. The van der Waals surface area contributed by atoms with Gasteiger partial charge in [-0.1, -0.05) is 6.07 Å². The quantitative estimate of drug-likeness (QED) is 0.797. The van der Waals surface area contributed by atoms with Gasteiger partial charge >= 0.3 is 5.97 Å². The first kappa shape index (κ1) is 15.4. The van der Waals surface area contributed by atoms with Crippen LogP contribution in [0.5, 0.6) is 0 Å². The molecule has 0 atom stereocenters. The van der Waals surface area contributed by atoms with E-state index in [0.29, 0.717) is 26.0 Å². The molecule has 0 amide bonds. The van der Waals surface area contributed by atoms with Crippen molar-refractivity contribution in [1.82, 2.24) is 9.97 Å². The molecule has 0 spiro atoms. The molecule has 0 aliphatic rings. The number of anilines is 1. The number of carbonyl (C=O) groups is 1. The molecule has 0 fully saturated rings.